The Morgan fingerprint density at radius 1 is 1.62 bits per heavy atom. The van der Waals surface area contributed by atoms with E-state index in [1.165, 1.54) is 17.6 Å². The molecule has 1 atom stereocenters. The zero-order valence-electron chi connectivity index (χ0n) is 8.30. The lowest BCUT2D eigenvalue weighted by molar-refractivity contribution is 0.623. The van der Waals surface area contributed by atoms with Crippen LogP contribution < -0.4 is 0 Å². The zero-order valence-corrected chi connectivity index (χ0v) is 8.30. The number of hydrogen-bond donors (Lipinski definition) is 0. The van der Waals surface area contributed by atoms with Crippen LogP contribution in [0, 0.1) is 17.2 Å². The Morgan fingerprint density at radius 2 is 2.31 bits per heavy atom. The lowest BCUT2D eigenvalue weighted by Gasteiger charge is -1.97. The van der Waals surface area contributed by atoms with Gasteiger partial charge in [-0.1, -0.05) is 25.2 Å². The van der Waals surface area contributed by atoms with E-state index in [1.807, 2.05) is 6.08 Å². The van der Waals surface area contributed by atoms with Gasteiger partial charge in [0.1, 0.15) is 0 Å². The molecule has 1 nitrogen and oxygen atoms in total. The molecule has 0 amide bonds. The van der Waals surface area contributed by atoms with Crippen molar-refractivity contribution < 1.29 is 0 Å². The van der Waals surface area contributed by atoms with Crippen molar-refractivity contribution in [3.63, 3.8) is 0 Å². The summed E-state index contributed by atoms with van der Waals surface area (Å²) in [4.78, 5) is 0. The molecule has 0 heterocycles. The van der Waals surface area contributed by atoms with E-state index in [0.717, 1.165) is 12.3 Å². The molecule has 13 heavy (non-hydrogen) atoms. The normalized spacial score (nSPS) is 23.2. The Kier molecular flexibility index (Phi) is 3.08. The zero-order chi connectivity index (χ0) is 9.84. The average Bonchev–Trinajstić information content (AvgIpc) is 2.41. The number of nitriles is 1. The first-order valence-electron chi connectivity index (χ1n) is 4.60. The molecular weight excluding hydrogens is 158 g/mol. The molecule has 0 radical (unpaired) electrons. The third-order valence-electron chi connectivity index (χ3n) is 2.45. The maximum atomic E-state index is 8.73. The largest absolute Gasteiger partial charge is 0.192 e. The Hall–Kier alpha value is -1.29. The van der Waals surface area contributed by atoms with E-state index >= 15 is 0 Å². The molecule has 1 rings (SSSR count). The monoisotopic (exact) mass is 173 g/mol. The van der Waals surface area contributed by atoms with Crippen LogP contribution in [0.1, 0.15) is 26.7 Å². The third-order valence-corrected chi connectivity index (χ3v) is 2.45. The molecule has 0 aromatic carbocycles. The van der Waals surface area contributed by atoms with E-state index in [1.54, 1.807) is 6.08 Å². The Morgan fingerprint density at radius 3 is 2.69 bits per heavy atom. The van der Waals surface area contributed by atoms with Gasteiger partial charge in [0.2, 0.25) is 0 Å². The number of hydrogen-bond acceptors (Lipinski definition) is 1. The minimum absolute atomic E-state index is 0.670. The standard InChI is InChI=1S/C12H15N/c1-4-11(8-13)7-12-6-9(2)5-10(12)3/h4,7,9H,1,5-6H2,2-3H3/b11-7+. The fraction of sp³-hybridized carbons (Fsp3) is 0.417. The molecule has 0 N–H and O–H groups in total. The van der Waals surface area contributed by atoms with Crippen molar-refractivity contribution >= 4 is 0 Å². The Labute approximate surface area is 80.1 Å². The van der Waals surface area contributed by atoms with Gasteiger partial charge in [-0.25, -0.2) is 0 Å². The fourth-order valence-corrected chi connectivity index (χ4v) is 1.78. The van der Waals surface area contributed by atoms with Crippen LogP contribution in [-0.4, -0.2) is 0 Å². The first-order chi connectivity index (χ1) is 6.17. The number of nitrogens with zero attached hydrogens (tertiary/aromatic N) is 1. The maximum absolute atomic E-state index is 8.73. The summed E-state index contributed by atoms with van der Waals surface area (Å²) in [5.41, 5.74) is 3.41. The highest BCUT2D eigenvalue weighted by Gasteiger charge is 2.15. The second kappa shape index (κ2) is 4.09. The van der Waals surface area contributed by atoms with Crippen LogP contribution in [0.5, 0.6) is 0 Å². The Bertz CT molecular complexity index is 313. The van der Waals surface area contributed by atoms with Crippen LogP contribution in [0.15, 0.2) is 35.5 Å². The Balaban J connectivity index is 2.86. The molecule has 0 saturated heterocycles. The minimum atomic E-state index is 0.670. The summed E-state index contributed by atoms with van der Waals surface area (Å²) in [6, 6.07) is 2.12. The summed E-state index contributed by atoms with van der Waals surface area (Å²) in [6.45, 7) is 7.99. The summed E-state index contributed by atoms with van der Waals surface area (Å²) in [5.74, 6) is 0.732. The molecule has 0 aliphatic heterocycles. The highest BCUT2D eigenvalue weighted by Crippen LogP contribution is 2.31. The van der Waals surface area contributed by atoms with Crippen molar-refractivity contribution in [1.82, 2.24) is 0 Å². The summed E-state index contributed by atoms with van der Waals surface area (Å²) in [7, 11) is 0. The highest BCUT2D eigenvalue weighted by molar-refractivity contribution is 5.41. The lowest BCUT2D eigenvalue weighted by atomic mass is 10.1. The molecule has 1 unspecified atom stereocenters. The van der Waals surface area contributed by atoms with Gasteiger partial charge in [-0.15, -0.1) is 0 Å². The third kappa shape index (κ3) is 2.32. The fourth-order valence-electron chi connectivity index (χ4n) is 1.78. The van der Waals surface area contributed by atoms with Gasteiger partial charge in [-0.2, -0.15) is 5.26 Å². The molecule has 1 aliphatic rings. The minimum Gasteiger partial charge on any atom is -0.192 e. The predicted octanol–water partition coefficient (Wildman–Crippen LogP) is 3.37. The van der Waals surface area contributed by atoms with Gasteiger partial charge in [0, 0.05) is 0 Å². The molecule has 0 aromatic heterocycles. The topological polar surface area (TPSA) is 23.8 Å². The highest BCUT2D eigenvalue weighted by atomic mass is 14.3. The smallest absolute Gasteiger partial charge is 0.0991 e. The molecule has 1 heteroatoms. The van der Waals surface area contributed by atoms with E-state index in [-0.39, 0.29) is 0 Å². The predicted molar refractivity (Wildman–Crippen MR) is 55.0 cm³/mol. The molecule has 0 aromatic rings. The van der Waals surface area contributed by atoms with Crippen LogP contribution in [-0.2, 0) is 0 Å². The van der Waals surface area contributed by atoms with E-state index in [9.17, 15) is 0 Å². The molecule has 0 saturated carbocycles. The summed E-state index contributed by atoms with van der Waals surface area (Å²) in [6.07, 6.45) is 5.85. The van der Waals surface area contributed by atoms with Crippen molar-refractivity contribution in [3.05, 3.63) is 35.5 Å². The van der Waals surface area contributed by atoms with Crippen LogP contribution in [0.3, 0.4) is 0 Å². The number of rotatable bonds is 2. The van der Waals surface area contributed by atoms with E-state index in [2.05, 4.69) is 26.5 Å². The second-order valence-corrected chi connectivity index (χ2v) is 3.73. The van der Waals surface area contributed by atoms with Gasteiger partial charge in [0.25, 0.3) is 0 Å². The first kappa shape index (κ1) is 9.80. The molecule has 0 fully saturated rings. The molecule has 0 spiro atoms. The average molecular weight is 173 g/mol. The quantitative estimate of drug-likeness (QED) is 0.464. The van der Waals surface area contributed by atoms with Gasteiger partial charge in [0.05, 0.1) is 11.6 Å². The molecular formula is C12H15N. The SMILES string of the molecule is C=C/C(C#N)=C\C1=C(C)CC(C)C1. The van der Waals surface area contributed by atoms with Crippen LogP contribution in [0.2, 0.25) is 0 Å². The lowest BCUT2D eigenvalue weighted by Crippen LogP contribution is -1.84. The van der Waals surface area contributed by atoms with Crippen LogP contribution >= 0.6 is 0 Å². The van der Waals surface area contributed by atoms with Crippen molar-refractivity contribution in [3.8, 4) is 6.07 Å². The van der Waals surface area contributed by atoms with E-state index in [4.69, 9.17) is 5.26 Å². The van der Waals surface area contributed by atoms with Gasteiger partial charge >= 0.3 is 0 Å². The number of allylic oxidation sites excluding steroid dienone is 5. The van der Waals surface area contributed by atoms with E-state index < -0.39 is 0 Å². The van der Waals surface area contributed by atoms with Gasteiger partial charge in [-0.05, 0) is 37.3 Å². The maximum Gasteiger partial charge on any atom is 0.0991 e. The molecule has 0 bridgehead atoms. The van der Waals surface area contributed by atoms with Gasteiger partial charge in [0.15, 0.2) is 0 Å². The van der Waals surface area contributed by atoms with E-state index in [0.29, 0.717) is 5.57 Å². The first-order valence-corrected chi connectivity index (χ1v) is 4.60. The van der Waals surface area contributed by atoms with Crippen LogP contribution in [0.4, 0.5) is 0 Å². The second-order valence-electron chi connectivity index (χ2n) is 3.73. The van der Waals surface area contributed by atoms with Crippen molar-refractivity contribution in [1.29, 1.82) is 5.26 Å². The van der Waals surface area contributed by atoms with Crippen LogP contribution in [0.25, 0.3) is 0 Å². The molecule has 68 valence electrons. The van der Waals surface area contributed by atoms with Crippen molar-refractivity contribution in [2.45, 2.75) is 26.7 Å². The van der Waals surface area contributed by atoms with Gasteiger partial charge in [-0.3, -0.25) is 0 Å². The molecule has 1 aliphatic carbocycles. The summed E-state index contributed by atoms with van der Waals surface area (Å²) < 4.78 is 0. The summed E-state index contributed by atoms with van der Waals surface area (Å²) >= 11 is 0. The summed E-state index contributed by atoms with van der Waals surface area (Å²) in [5, 5.41) is 8.73. The van der Waals surface area contributed by atoms with Gasteiger partial charge < -0.3 is 0 Å². The van der Waals surface area contributed by atoms with Crippen molar-refractivity contribution in [2.24, 2.45) is 5.92 Å². The van der Waals surface area contributed by atoms with Crippen molar-refractivity contribution in [2.75, 3.05) is 0 Å².